The van der Waals surface area contributed by atoms with Crippen molar-refractivity contribution in [1.82, 2.24) is 0 Å². The zero-order valence-corrected chi connectivity index (χ0v) is 12.2. The van der Waals surface area contributed by atoms with Crippen LogP contribution < -0.4 is 9.47 Å². The second-order valence-electron chi connectivity index (χ2n) is 5.23. The number of hydrogen-bond acceptors (Lipinski definition) is 4. The molecular weight excluding hydrogens is 258 g/mol. The Labute approximate surface area is 118 Å². The molecule has 5 heteroatoms. The molecule has 0 amide bonds. The SMILES string of the molecule is COc1cc2c(cc1OC)[C@H](C=C(C)C)[C@@H]([N+](=O)[O-])C2. The lowest BCUT2D eigenvalue weighted by Crippen LogP contribution is -2.23. The fourth-order valence-electron chi connectivity index (χ4n) is 2.75. The molecule has 1 aliphatic carbocycles. The molecule has 0 aromatic heterocycles. The van der Waals surface area contributed by atoms with E-state index in [9.17, 15) is 10.1 Å². The van der Waals surface area contributed by atoms with E-state index < -0.39 is 6.04 Å². The summed E-state index contributed by atoms with van der Waals surface area (Å²) in [7, 11) is 3.14. The van der Waals surface area contributed by atoms with E-state index in [1.54, 1.807) is 14.2 Å². The van der Waals surface area contributed by atoms with Crippen molar-refractivity contribution >= 4 is 0 Å². The number of nitro groups is 1. The maximum Gasteiger partial charge on any atom is 0.227 e. The zero-order valence-electron chi connectivity index (χ0n) is 12.2. The van der Waals surface area contributed by atoms with Gasteiger partial charge in [0.15, 0.2) is 11.5 Å². The Bertz CT molecular complexity index is 561. The molecule has 0 N–H and O–H groups in total. The van der Waals surface area contributed by atoms with Crippen LogP contribution in [-0.2, 0) is 6.42 Å². The topological polar surface area (TPSA) is 61.6 Å². The van der Waals surface area contributed by atoms with Crippen LogP contribution in [0.15, 0.2) is 23.8 Å². The Balaban J connectivity index is 2.54. The fourth-order valence-corrected chi connectivity index (χ4v) is 2.75. The molecule has 0 bridgehead atoms. The Morgan fingerprint density at radius 2 is 1.90 bits per heavy atom. The number of fused-ring (bicyclic) bond motifs is 1. The Morgan fingerprint density at radius 3 is 2.40 bits per heavy atom. The second kappa shape index (κ2) is 5.53. The van der Waals surface area contributed by atoms with Crippen LogP contribution in [0.25, 0.3) is 0 Å². The molecule has 20 heavy (non-hydrogen) atoms. The molecule has 0 aliphatic heterocycles. The smallest absolute Gasteiger partial charge is 0.227 e. The van der Waals surface area contributed by atoms with E-state index in [0.717, 1.165) is 16.7 Å². The average Bonchev–Trinajstić information content (AvgIpc) is 2.74. The highest BCUT2D eigenvalue weighted by atomic mass is 16.6. The van der Waals surface area contributed by atoms with Crippen LogP contribution in [0.2, 0.25) is 0 Å². The van der Waals surface area contributed by atoms with Gasteiger partial charge in [0.2, 0.25) is 6.04 Å². The number of benzene rings is 1. The molecule has 1 aromatic rings. The predicted molar refractivity (Wildman–Crippen MR) is 76.2 cm³/mol. The van der Waals surface area contributed by atoms with Gasteiger partial charge in [-0.15, -0.1) is 0 Å². The van der Waals surface area contributed by atoms with Crippen molar-refractivity contribution in [3.8, 4) is 11.5 Å². The Kier molecular flexibility index (Phi) is 3.97. The first kappa shape index (κ1) is 14.4. The number of allylic oxidation sites excluding steroid dienone is 1. The summed E-state index contributed by atoms with van der Waals surface area (Å²) in [5.74, 6) is 1.03. The van der Waals surface area contributed by atoms with Crippen LogP contribution in [0.5, 0.6) is 11.5 Å². The second-order valence-corrected chi connectivity index (χ2v) is 5.23. The van der Waals surface area contributed by atoms with Gasteiger partial charge in [0.05, 0.1) is 20.1 Å². The molecule has 2 rings (SSSR count). The number of ether oxygens (including phenoxy) is 2. The summed E-state index contributed by atoms with van der Waals surface area (Å²) in [6, 6.07) is 3.10. The van der Waals surface area contributed by atoms with E-state index in [1.165, 1.54) is 0 Å². The van der Waals surface area contributed by atoms with Crippen molar-refractivity contribution in [3.05, 3.63) is 45.0 Å². The van der Waals surface area contributed by atoms with Crippen LogP contribution >= 0.6 is 0 Å². The lowest BCUT2D eigenvalue weighted by molar-refractivity contribution is -0.522. The monoisotopic (exact) mass is 277 g/mol. The molecule has 0 saturated heterocycles. The summed E-state index contributed by atoms with van der Waals surface area (Å²) in [5.41, 5.74) is 3.00. The minimum Gasteiger partial charge on any atom is -0.493 e. The van der Waals surface area contributed by atoms with Gasteiger partial charge in [-0.25, -0.2) is 0 Å². The molecule has 108 valence electrons. The van der Waals surface area contributed by atoms with Gasteiger partial charge in [-0.2, -0.15) is 0 Å². The minimum atomic E-state index is -0.614. The largest absolute Gasteiger partial charge is 0.493 e. The van der Waals surface area contributed by atoms with E-state index in [2.05, 4.69) is 0 Å². The average molecular weight is 277 g/mol. The third-order valence-electron chi connectivity index (χ3n) is 3.63. The first-order valence-electron chi connectivity index (χ1n) is 6.51. The van der Waals surface area contributed by atoms with Gasteiger partial charge in [0, 0.05) is 11.3 Å². The first-order chi connectivity index (χ1) is 9.47. The molecule has 0 heterocycles. The van der Waals surface area contributed by atoms with Crippen molar-refractivity contribution < 1.29 is 14.4 Å². The van der Waals surface area contributed by atoms with E-state index in [0.29, 0.717) is 17.9 Å². The molecule has 0 unspecified atom stereocenters. The first-order valence-corrected chi connectivity index (χ1v) is 6.51. The molecule has 0 radical (unpaired) electrons. The van der Waals surface area contributed by atoms with Crippen LogP contribution in [0.3, 0.4) is 0 Å². The summed E-state index contributed by atoms with van der Waals surface area (Å²) in [6.45, 7) is 3.91. The molecule has 0 spiro atoms. The lowest BCUT2D eigenvalue weighted by atomic mass is 9.96. The van der Waals surface area contributed by atoms with E-state index in [-0.39, 0.29) is 10.8 Å². The highest BCUT2D eigenvalue weighted by molar-refractivity contribution is 5.52. The van der Waals surface area contributed by atoms with Crippen molar-refractivity contribution in [2.45, 2.75) is 32.2 Å². The standard InChI is InChI=1S/C15H19NO4/c1-9(2)5-12-11-8-15(20-4)14(19-3)7-10(11)6-13(12)16(17)18/h5,7-8,12-13H,6H2,1-4H3/t12-,13-/m0/s1. The number of rotatable bonds is 4. The quantitative estimate of drug-likeness (QED) is 0.482. The van der Waals surface area contributed by atoms with Gasteiger partial charge in [0.1, 0.15) is 0 Å². The molecule has 5 nitrogen and oxygen atoms in total. The zero-order chi connectivity index (χ0) is 14.9. The summed E-state index contributed by atoms with van der Waals surface area (Å²) in [6.07, 6.45) is 2.39. The summed E-state index contributed by atoms with van der Waals surface area (Å²) in [5, 5.41) is 11.3. The summed E-state index contributed by atoms with van der Waals surface area (Å²) in [4.78, 5) is 11.1. The third kappa shape index (κ3) is 2.48. The van der Waals surface area contributed by atoms with Crippen LogP contribution in [-0.4, -0.2) is 25.2 Å². The Morgan fingerprint density at radius 1 is 1.30 bits per heavy atom. The van der Waals surface area contributed by atoms with Crippen LogP contribution in [0.4, 0.5) is 0 Å². The van der Waals surface area contributed by atoms with Crippen LogP contribution in [0, 0.1) is 10.1 Å². The van der Waals surface area contributed by atoms with E-state index in [1.807, 2.05) is 32.1 Å². The normalized spacial score (nSPS) is 20.2. The number of methoxy groups -OCH3 is 2. The number of hydrogen-bond donors (Lipinski definition) is 0. The molecular formula is C15H19NO4. The van der Waals surface area contributed by atoms with Gasteiger partial charge in [0.25, 0.3) is 0 Å². The fraction of sp³-hybridized carbons (Fsp3) is 0.467. The van der Waals surface area contributed by atoms with Gasteiger partial charge in [-0.05, 0) is 37.1 Å². The molecule has 0 fully saturated rings. The van der Waals surface area contributed by atoms with E-state index in [4.69, 9.17) is 9.47 Å². The minimum absolute atomic E-state index is 0.191. The summed E-state index contributed by atoms with van der Waals surface area (Å²) >= 11 is 0. The van der Waals surface area contributed by atoms with Gasteiger partial charge in [-0.3, -0.25) is 10.1 Å². The highest BCUT2D eigenvalue weighted by Gasteiger charge is 2.40. The maximum atomic E-state index is 11.3. The van der Waals surface area contributed by atoms with Crippen molar-refractivity contribution in [1.29, 1.82) is 0 Å². The molecule has 2 atom stereocenters. The van der Waals surface area contributed by atoms with Gasteiger partial charge in [-0.1, -0.05) is 11.6 Å². The van der Waals surface area contributed by atoms with Crippen LogP contribution in [0.1, 0.15) is 30.9 Å². The van der Waals surface area contributed by atoms with Gasteiger partial charge < -0.3 is 9.47 Å². The maximum absolute atomic E-state index is 11.3. The van der Waals surface area contributed by atoms with E-state index >= 15 is 0 Å². The van der Waals surface area contributed by atoms with Crippen molar-refractivity contribution in [3.63, 3.8) is 0 Å². The molecule has 1 aromatic carbocycles. The highest BCUT2D eigenvalue weighted by Crippen LogP contribution is 2.42. The third-order valence-corrected chi connectivity index (χ3v) is 3.63. The lowest BCUT2D eigenvalue weighted by Gasteiger charge is -2.13. The van der Waals surface area contributed by atoms with Crippen molar-refractivity contribution in [2.24, 2.45) is 0 Å². The molecule has 0 saturated carbocycles. The predicted octanol–water partition coefficient (Wildman–Crippen LogP) is 2.96. The molecule has 1 aliphatic rings. The van der Waals surface area contributed by atoms with Crippen molar-refractivity contribution in [2.75, 3.05) is 14.2 Å². The summed E-state index contributed by atoms with van der Waals surface area (Å²) < 4.78 is 10.6. The number of nitrogens with zero attached hydrogens (tertiary/aromatic N) is 1. The van der Waals surface area contributed by atoms with Gasteiger partial charge >= 0.3 is 0 Å². The Hall–Kier alpha value is -2.04.